The van der Waals surface area contributed by atoms with Gasteiger partial charge >= 0.3 is 0 Å². The zero-order valence-electron chi connectivity index (χ0n) is 10.6. The normalized spacial score (nSPS) is 10.3. The summed E-state index contributed by atoms with van der Waals surface area (Å²) in [7, 11) is 0. The topological polar surface area (TPSA) is 59.2 Å². The van der Waals surface area contributed by atoms with Crippen molar-refractivity contribution in [1.29, 1.82) is 0 Å². The minimum absolute atomic E-state index is 0.0489. The van der Waals surface area contributed by atoms with Gasteiger partial charge in [0.1, 0.15) is 0 Å². The molecule has 1 amide bonds. The van der Waals surface area contributed by atoms with Crippen LogP contribution in [0.3, 0.4) is 0 Å². The molecule has 4 nitrogen and oxygen atoms in total. The maximum Gasteiger partial charge on any atom is 0.255 e. The van der Waals surface area contributed by atoms with Crippen LogP contribution in [0.15, 0.2) is 18.3 Å². The highest BCUT2D eigenvalue weighted by Gasteiger charge is 2.14. The third-order valence-electron chi connectivity index (χ3n) is 2.57. The summed E-state index contributed by atoms with van der Waals surface area (Å²) >= 11 is 0. The van der Waals surface area contributed by atoms with E-state index in [2.05, 4.69) is 11.9 Å². The molecule has 0 saturated heterocycles. The van der Waals surface area contributed by atoms with Crippen LogP contribution < -0.4 is 5.73 Å². The summed E-state index contributed by atoms with van der Waals surface area (Å²) < 4.78 is 0. The minimum Gasteiger partial charge on any atom is -0.339 e. The maximum absolute atomic E-state index is 12.2. The minimum atomic E-state index is 0.0489. The number of carbonyl (C=O) groups excluding carboxylic acids is 1. The second-order valence-corrected chi connectivity index (χ2v) is 4.12. The van der Waals surface area contributed by atoms with Gasteiger partial charge in [-0.25, -0.2) is 0 Å². The number of carbonyl (C=O) groups is 1. The number of hydrogen-bond donors (Lipinski definition) is 1. The predicted octanol–water partition coefficient (Wildman–Crippen LogP) is 1.59. The lowest BCUT2D eigenvalue weighted by Gasteiger charge is -2.21. The fourth-order valence-electron chi connectivity index (χ4n) is 1.64. The summed E-state index contributed by atoms with van der Waals surface area (Å²) in [6.07, 6.45) is 3.43. The van der Waals surface area contributed by atoms with E-state index in [1.807, 2.05) is 24.0 Å². The average molecular weight is 235 g/mol. The molecule has 1 aromatic rings. The zero-order valence-corrected chi connectivity index (χ0v) is 10.6. The zero-order chi connectivity index (χ0) is 12.7. The number of hydrogen-bond acceptors (Lipinski definition) is 3. The van der Waals surface area contributed by atoms with Crippen molar-refractivity contribution in [2.45, 2.75) is 26.7 Å². The Bertz CT molecular complexity index is 348. The highest BCUT2D eigenvalue weighted by molar-refractivity contribution is 5.93. The first-order chi connectivity index (χ1) is 8.19. The monoisotopic (exact) mass is 235 g/mol. The second-order valence-electron chi connectivity index (χ2n) is 4.12. The van der Waals surface area contributed by atoms with E-state index in [4.69, 9.17) is 5.73 Å². The van der Waals surface area contributed by atoms with Crippen LogP contribution >= 0.6 is 0 Å². The van der Waals surface area contributed by atoms with E-state index in [1.165, 1.54) is 0 Å². The summed E-state index contributed by atoms with van der Waals surface area (Å²) in [4.78, 5) is 18.2. The number of nitrogens with two attached hydrogens (primary N) is 1. The molecule has 17 heavy (non-hydrogen) atoms. The molecule has 94 valence electrons. The Labute approximate surface area is 103 Å². The molecule has 0 aromatic carbocycles. The van der Waals surface area contributed by atoms with Crippen LogP contribution in [0.5, 0.6) is 0 Å². The summed E-state index contributed by atoms with van der Waals surface area (Å²) in [6.45, 7) is 6.08. The van der Waals surface area contributed by atoms with E-state index < -0.39 is 0 Å². The summed E-state index contributed by atoms with van der Waals surface area (Å²) in [5.74, 6) is 0.0489. The Hall–Kier alpha value is -1.42. The number of nitrogens with zero attached hydrogens (tertiary/aromatic N) is 2. The van der Waals surface area contributed by atoms with Crippen molar-refractivity contribution in [2.24, 2.45) is 5.73 Å². The fraction of sp³-hybridized carbons (Fsp3) is 0.538. The van der Waals surface area contributed by atoms with Gasteiger partial charge in [-0.1, -0.05) is 6.92 Å². The van der Waals surface area contributed by atoms with E-state index >= 15 is 0 Å². The highest BCUT2D eigenvalue weighted by atomic mass is 16.2. The highest BCUT2D eigenvalue weighted by Crippen LogP contribution is 2.06. The SMILES string of the molecule is CCCN(CCCN)C(=O)c1ccc(C)nc1. The molecule has 0 saturated carbocycles. The third-order valence-corrected chi connectivity index (χ3v) is 2.57. The molecule has 0 aliphatic rings. The number of rotatable bonds is 6. The third kappa shape index (κ3) is 4.15. The Kier molecular flexibility index (Phi) is 5.63. The molecule has 0 bridgehead atoms. The molecule has 1 heterocycles. The van der Waals surface area contributed by atoms with Gasteiger partial charge in [-0.05, 0) is 38.4 Å². The first-order valence-electron chi connectivity index (χ1n) is 6.11. The number of amides is 1. The first-order valence-corrected chi connectivity index (χ1v) is 6.11. The van der Waals surface area contributed by atoms with E-state index in [-0.39, 0.29) is 5.91 Å². The van der Waals surface area contributed by atoms with E-state index in [1.54, 1.807) is 6.20 Å². The molecule has 0 fully saturated rings. The fourth-order valence-corrected chi connectivity index (χ4v) is 1.64. The average Bonchev–Trinajstić information content (AvgIpc) is 2.34. The maximum atomic E-state index is 12.2. The summed E-state index contributed by atoms with van der Waals surface area (Å²) in [6, 6.07) is 3.69. The standard InChI is InChI=1S/C13H21N3O/c1-3-8-16(9-4-7-14)13(17)12-6-5-11(2)15-10-12/h5-6,10H,3-4,7-9,14H2,1-2H3. The van der Waals surface area contributed by atoms with Crippen LogP contribution in [0, 0.1) is 6.92 Å². The van der Waals surface area contributed by atoms with Gasteiger partial charge in [-0.2, -0.15) is 0 Å². The summed E-state index contributed by atoms with van der Waals surface area (Å²) in [5.41, 5.74) is 7.06. The van der Waals surface area contributed by atoms with Crippen molar-refractivity contribution in [3.8, 4) is 0 Å². The Morgan fingerprint density at radius 3 is 2.71 bits per heavy atom. The molecule has 0 aliphatic carbocycles. The number of aromatic nitrogens is 1. The van der Waals surface area contributed by atoms with Gasteiger partial charge in [-0.15, -0.1) is 0 Å². The Morgan fingerprint density at radius 2 is 2.18 bits per heavy atom. The lowest BCUT2D eigenvalue weighted by molar-refractivity contribution is 0.0754. The molecule has 0 atom stereocenters. The largest absolute Gasteiger partial charge is 0.339 e. The molecule has 0 radical (unpaired) electrons. The predicted molar refractivity (Wildman–Crippen MR) is 68.8 cm³/mol. The van der Waals surface area contributed by atoms with Crippen molar-refractivity contribution < 1.29 is 4.79 Å². The lowest BCUT2D eigenvalue weighted by atomic mass is 10.2. The van der Waals surface area contributed by atoms with Crippen LogP contribution in [0.4, 0.5) is 0 Å². The lowest BCUT2D eigenvalue weighted by Crippen LogP contribution is -2.33. The van der Waals surface area contributed by atoms with Gasteiger partial charge in [0.15, 0.2) is 0 Å². The molecular formula is C13H21N3O. The van der Waals surface area contributed by atoms with E-state index in [0.717, 1.165) is 31.6 Å². The van der Waals surface area contributed by atoms with Gasteiger partial charge in [-0.3, -0.25) is 9.78 Å². The number of pyridine rings is 1. The van der Waals surface area contributed by atoms with Gasteiger partial charge in [0, 0.05) is 25.0 Å². The smallest absolute Gasteiger partial charge is 0.255 e. The van der Waals surface area contributed by atoms with Crippen LogP contribution in [0.1, 0.15) is 35.8 Å². The van der Waals surface area contributed by atoms with Crippen molar-refractivity contribution in [1.82, 2.24) is 9.88 Å². The summed E-state index contributed by atoms with van der Waals surface area (Å²) in [5, 5.41) is 0. The van der Waals surface area contributed by atoms with Crippen molar-refractivity contribution in [3.05, 3.63) is 29.6 Å². The van der Waals surface area contributed by atoms with Crippen molar-refractivity contribution in [2.75, 3.05) is 19.6 Å². The molecule has 0 spiro atoms. The molecular weight excluding hydrogens is 214 g/mol. The molecule has 2 N–H and O–H groups in total. The van der Waals surface area contributed by atoms with Crippen LogP contribution in [-0.4, -0.2) is 35.4 Å². The second kappa shape index (κ2) is 7.01. The molecule has 1 rings (SSSR count). The Morgan fingerprint density at radius 1 is 1.41 bits per heavy atom. The van der Waals surface area contributed by atoms with Gasteiger partial charge in [0.25, 0.3) is 5.91 Å². The van der Waals surface area contributed by atoms with Crippen LogP contribution in [-0.2, 0) is 0 Å². The van der Waals surface area contributed by atoms with Crippen LogP contribution in [0.25, 0.3) is 0 Å². The van der Waals surface area contributed by atoms with Gasteiger partial charge in [0.2, 0.25) is 0 Å². The van der Waals surface area contributed by atoms with Crippen molar-refractivity contribution >= 4 is 5.91 Å². The first kappa shape index (κ1) is 13.6. The van der Waals surface area contributed by atoms with E-state index in [9.17, 15) is 4.79 Å². The van der Waals surface area contributed by atoms with E-state index in [0.29, 0.717) is 12.1 Å². The Balaban J connectivity index is 2.72. The van der Waals surface area contributed by atoms with Gasteiger partial charge < -0.3 is 10.6 Å². The van der Waals surface area contributed by atoms with Crippen LogP contribution in [0.2, 0.25) is 0 Å². The molecule has 4 heteroatoms. The van der Waals surface area contributed by atoms with Crippen molar-refractivity contribution in [3.63, 3.8) is 0 Å². The molecule has 1 aromatic heterocycles. The number of aryl methyl sites for hydroxylation is 1. The quantitative estimate of drug-likeness (QED) is 0.814. The van der Waals surface area contributed by atoms with Gasteiger partial charge in [0.05, 0.1) is 5.56 Å². The molecule has 0 unspecified atom stereocenters. The molecule has 0 aliphatic heterocycles.